The second kappa shape index (κ2) is 12.1. The molecular weight excluding hydrogens is 569 g/mol. The van der Waals surface area contributed by atoms with Crippen LogP contribution >= 0.6 is 0 Å². The molecule has 0 bridgehead atoms. The van der Waals surface area contributed by atoms with Gasteiger partial charge in [0.05, 0.1) is 11.0 Å². The molecule has 0 saturated carbocycles. The van der Waals surface area contributed by atoms with Gasteiger partial charge in [-0.15, -0.1) is 0 Å². The first kappa shape index (κ1) is 28.5. The van der Waals surface area contributed by atoms with Crippen molar-refractivity contribution in [1.82, 2.24) is 9.55 Å². The number of rotatable bonds is 6. The smallest absolute Gasteiger partial charge is 0.145 e. The number of hydrogen-bond donors (Lipinski definition) is 0. The Morgan fingerprint density at radius 2 is 1.06 bits per heavy atom. The number of para-hydroxylation sites is 2. The lowest BCUT2D eigenvalue weighted by Gasteiger charge is -2.19. The molecular formula is C45H34N2. The summed E-state index contributed by atoms with van der Waals surface area (Å²) in [6.45, 7) is 4.12. The van der Waals surface area contributed by atoms with E-state index in [2.05, 4.69) is 181 Å². The van der Waals surface area contributed by atoms with E-state index in [0.29, 0.717) is 0 Å². The van der Waals surface area contributed by atoms with Crippen molar-refractivity contribution in [3.8, 4) is 39.1 Å². The van der Waals surface area contributed by atoms with E-state index in [-0.39, 0.29) is 0 Å². The van der Waals surface area contributed by atoms with Crippen LogP contribution in [0.25, 0.3) is 77.2 Å². The van der Waals surface area contributed by atoms with Crippen LogP contribution in [0.2, 0.25) is 0 Å². The maximum atomic E-state index is 5.06. The predicted octanol–water partition coefficient (Wildman–Crippen LogP) is 12.3. The Morgan fingerprint density at radius 3 is 1.74 bits per heavy atom. The molecule has 0 spiro atoms. The first-order valence-electron chi connectivity index (χ1n) is 16.2. The van der Waals surface area contributed by atoms with Gasteiger partial charge in [-0.25, -0.2) is 4.98 Å². The maximum absolute atomic E-state index is 5.06. The van der Waals surface area contributed by atoms with Crippen molar-refractivity contribution < 1.29 is 0 Å². The molecule has 8 rings (SSSR count). The summed E-state index contributed by atoms with van der Waals surface area (Å²) in [4.78, 5) is 5.06. The Labute approximate surface area is 275 Å². The van der Waals surface area contributed by atoms with Crippen LogP contribution in [-0.2, 0) is 0 Å². The van der Waals surface area contributed by atoms with Crippen molar-refractivity contribution in [2.75, 3.05) is 0 Å². The summed E-state index contributed by atoms with van der Waals surface area (Å²) >= 11 is 0. The Kier molecular flexibility index (Phi) is 7.32. The Bertz CT molecular complexity index is 2450. The minimum absolute atomic E-state index is 0.940. The highest BCUT2D eigenvalue weighted by Gasteiger charge is 2.19. The number of fused-ring (bicyclic) bond motifs is 3. The molecule has 7 aromatic carbocycles. The standard InChI is InChI=1S/C45H34N2/c1-3-15-31(4-2)45-46-41-22-13-14-23-42(41)47(45)36-27-24-34(25-28-36)44-38-21-12-11-20-37(38)43(33-18-9-6-10-19-33)39-29-26-35(30-40(39)44)32-16-7-5-8-17-32/h3-30H,1-2H3/b15-3-,31-4+. The minimum Gasteiger partial charge on any atom is -0.292 e. The van der Waals surface area contributed by atoms with E-state index in [1.165, 1.54) is 54.9 Å². The molecule has 0 aliphatic heterocycles. The van der Waals surface area contributed by atoms with Gasteiger partial charge in [0.15, 0.2) is 0 Å². The van der Waals surface area contributed by atoms with Crippen LogP contribution < -0.4 is 0 Å². The van der Waals surface area contributed by atoms with Crippen LogP contribution in [0.1, 0.15) is 19.7 Å². The number of imidazole rings is 1. The van der Waals surface area contributed by atoms with Crippen molar-refractivity contribution in [2.45, 2.75) is 13.8 Å². The zero-order valence-electron chi connectivity index (χ0n) is 26.6. The summed E-state index contributed by atoms with van der Waals surface area (Å²) in [6, 6.07) is 54.7. The molecule has 0 radical (unpaired) electrons. The number of benzene rings is 7. The van der Waals surface area contributed by atoms with Crippen LogP contribution in [0.15, 0.2) is 170 Å². The normalized spacial score (nSPS) is 12.1. The lowest BCUT2D eigenvalue weighted by atomic mass is 9.85. The van der Waals surface area contributed by atoms with E-state index in [1.807, 2.05) is 6.92 Å². The molecule has 0 fully saturated rings. The van der Waals surface area contributed by atoms with Gasteiger partial charge in [0.1, 0.15) is 5.82 Å². The summed E-state index contributed by atoms with van der Waals surface area (Å²) in [6.07, 6.45) is 6.33. The van der Waals surface area contributed by atoms with E-state index in [9.17, 15) is 0 Å². The van der Waals surface area contributed by atoms with Gasteiger partial charge in [-0.3, -0.25) is 4.57 Å². The van der Waals surface area contributed by atoms with Crippen LogP contribution in [0.4, 0.5) is 0 Å². The zero-order valence-corrected chi connectivity index (χ0v) is 26.6. The van der Waals surface area contributed by atoms with Crippen LogP contribution in [0, 0.1) is 0 Å². The second-order valence-electron chi connectivity index (χ2n) is 11.8. The summed E-state index contributed by atoms with van der Waals surface area (Å²) < 4.78 is 2.27. The van der Waals surface area contributed by atoms with Gasteiger partial charge >= 0.3 is 0 Å². The molecule has 0 atom stereocenters. The van der Waals surface area contributed by atoms with E-state index >= 15 is 0 Å². The van der Waals surface area contributed by atoms with E-state index in [4.69, 9.17) is 4.98 Å². The SMILES string of the molecule is C/C=C\C(=C/C)c1nc2ccccc2n1-c1ccc(-c2c3ccccc3c(-c3ccccc3)c3ccc(-c4ccccc4)cc23)cc1. The third-order valence-electron chi connectivity index (χ3n) is 9.08. The molecule has 2 nitrogen and oxygen atoms in total. The summed E-state index contributed by atoms with van der Waals surface area (Å²) in [5.74, 6) is 0.940. The zero-order chi connectivity index (χ0) is 31.7. The van der Waals surface area contributed by atoms with Gasteiger partial charge in [0, 0.05) is 11.3 Å². The average molecular weight is 603 g/mol. The quantitative estimate of drug-likeness (QED) is 0.137. The molecule has 0 amide bonds. The summed E-state index contributed by atoms with van der Waals surface area (Å²) in [7, 11) is 0. The van der Waals surface area contributed by atoms with Crippen molar-refractivity contribution >= 4 is 38.2 Å². The van der Waals surface area contributed by atoms with Crippen molar-refractivity contribution in [3.05, 3.63) is 176 Å². The molecule has 2 heteroatoms. The van der Waals surface area contributed by atoms with Crippen LogP contribution in [0.5, 0.6) is 0 Å². The molecule has 0 aliphatic rings. The molecule has 8 aromatic rings. The van der Waals surface area contributed by atoms with Gasteiger partial charge in [0.25, 0.3) is 0 Å². The third-order valence-corrected chi connectivity index (χ3v) is 9.08. The monoisotopic (exact) mass is 602 g/mol. The molecule has 0 aliphatic carbocycles. The number of hydrogen-bond acceptors (Lipinski definition) is 1. The molecule has 0 unspecified atom stereocenters. The van der Waals surface area contributed by atoms with Crippen molar-refractivity contribution in [2.24, 2.45) is 0 Å². The first-order valence-corrected chi connectivity index (χ1v) is 16.2. The van der Waals surface area contributed by atoms with Crippen molar-refractivity contribution in [1.29, 1.82) is 0 Å². The van der Waals surface area contributed by atoms with Gasteiger partial charge in [0.2, 0.25) is 0 Å². The Morgan fingerprint density at radius 1 is 0.511 bits per heavy atom. The molecule has 0 N–H and O–H groups in total. The Hall–Kier alpha value is -5.99. The average Bonchev–Trinajstić information content (AvgIpc) is 3.53. The molecule has 47 heavy (non-hydrogen) atoms. The summed E-state index contributed by atoms with van der Waals surface area (Å²) in [5.41, 5.74) is 11.6. The minimum atomic E-state index is 0.940. The highest BCUT2D eigenvalue weighted by Crippen LogP contribution is 2.45. The first-order chi connectivity index (χ1) is 23.2. The molecule has 1 heterocycles. The van der Waals surface area contributed by atoms with E-state index < -0.39 is 0 Å². The van der Waals surface area contributed by atoms with Crippen LogP contribution in [0.3, 0.4) is 0 Å². The van der Waals surface area contributed by atoms with Crippen molar-refractivity contribution in [3.63, 3.8) is 0 Å². The highest BCUT2D eigenvalue weighted by molar-refractivity contribution is 6.22. The summed E-state index contributed by atoms with van der Waals surface area (Å²) in [5, 5.41) is 5.00. The fraction of sp³-hybridized carbons (Fsp3) is 0.0444. The largest absolute Gasteiger partial charge is 0.292 e. The maximum Gasteiger partial charge on any atom is 0.145 e. The highest BCUT2D eigenvalue weighted by atomic mass is 15.1. The predicted molar refractivity (Wildman–Crippen MR) is 201 cm³/mol. The fourth-order valence-corrected chi connectivity index (χ4v) is 6.95. The van der Waals surface area contributed by atoms with Gasteiger partial charge < -0.3 is 0 Å². The number of aromatic nitrogens is 2. The Balaban J connectivity index is 1.39. The van der Waals surface area contributed by atoms with E-state index in [1.54, 1.807) is 0 Å². The van der Waals surface area contributed by atoms with E-state index in [0.717, 1.165) is 28.1 Å². The molecule has 224 valence electrons. The second-order valence-corrected chi connectivity index (χ2v) is 11.8. The lowest BCUT2D eigenvalue weighted by molar-refractivity contribution is 1.06. The molecule has 1 aromatic heterocycles. The fourth-order valence-electron chi connectivity index (χ4n) is 6.95. The van der Waals surface area contributed by atoms with Gasteiger partial charge in [-0.1, -0.05) is 140 Å². The van der Waals surface area contributed by atoms with Gasteiger partial charge in [-0.2, -0.15) is 0 Å². The van der Waals surface area contributed by atoms with Crippen LogP contribution in [-0.4, -0.2) is 9.55 Å². The lowest BCUT2D eigenvalue weighted by Crippen LogP contribution is -2.00. The topological polar surface area (TPSA) is 17.8 Å². The third kappa shape index (κ3) is 4.95. The number of allylic oxidation sites excluding steroid dienone is 4. The molecule has 0 saturated heterocycles. The number of nitrogens with zero attached hydrogens (tertiary/aromatic N) is 2. The van der Waals surface area contributed by atoms with Gasteiger partial charge in [-0.05, 0) is 99.1 Å².